The van der Waals surface area contributed by atoms with Gasteiger partial charge in [0.2, 0.25) is 0 Å². The molecule has 0 saturated carbocycles. The molecule has 18 heavy (non-hydrogen) atoms. The van der Waals surface area contributed by atoms with Crippen LogP contribution >= 0.6 is 39.7 Å². The Balaban J connectivity index is 2.01. The Morgan fingerprint density at radius 1 is 1.00 bits per heavy atom. The molecule has 2 rings (SSSR count). The summed E-state index contributed by atoms with van der Waals surface area (Å²) in [6.45, 7) is 0. The van der Waals surface area contributed by atoms with Crippen molar-refractivity contribution in [3.8, 4) is 0 Å². The van der Waals surface area contributed by atoms with Gasteiger partial charge >= 0.3 is 0 Å². The fourth-order valence-corrected chi connectivity index (χ4v) is 2.12. The minimum Gasteiger partial charge on any atom is -0.332 e. The summed E-state index contributed by atoms with van der Waals surface area (Å²) in [7, 11) is 0. The molecule has 0 amide bonds. The van der Waals surface area contributed by atoms with Gasteiger partial charge in [-0.1, -0.05) is 23.7 Å². The number of rotatable bonds is 2. The van der Waals surface area contributed by atoms with Crippen molar-refractivity contribution >= 4 is 56.2 Å². The minimum absolute atomic E-state index is 0.532. The molecule has 0 unspecified atom stereocenters. The van der Waals surface area contributed by atoms with E-state index in [2.05, 4.69) is 26.6 Å². The molecule has 0 atom stereocenters. The van der Waals surface area contributed by atoms with Crippen LogP contribution in [0.15, 0.2) is 53.0 Å². The Hall–Kier alpha value is -1.10. The van der Waals surface area contributed by atoms with E-state index in [-0.39, 0.29) is 0 Å². The standard InChI is InChI=1S/C13H10BrClN2S/c14-11-3-1-2-4-12(11)17-13(18)16-10-7-5-9(15)6-8-10/h1-8H,(H2,16,17,18). The van der Waals surface area contributed by atoms with E-state index in [4.69, 9.17) is 23.8 Å². The fourth-order valence-electron chi connectivity index (χ4n) is 1.38. The smallest absolute Gasteiger partial charge is 0.175 e. The number of thiocarbonyl (C=S) groups is 1. The first-order valence-corrected chi connectivity index (χ1v) is 6.81. The number of benzene rings is 2. The zero-order chi connectivity index (χ0) is 13.0. The van der Waals surface area contributed by atoms with Crippen LogP contribution < -0.4 is 10.6 Å². The van der Waals surface area contributed by atoms with Gasteiger partial charge in [0, 0.05) is 15.2 Å². The molecule has 0 saturated heterocycles. The number of hydrogen-bond acceptors (Lipinski definition) is 1. The zero-order valence-corrected chi connectivity index (χ0v) is 12.4. The number of hydrogen-bond donors (Lipinski definition) is 2. The summed E-state index contributed by atoms with van der Waals surface area (Å²) in [6.07, 6.45) is 0. The van der Waals surface area contributed by atoms with E-state index < -0.39 is 0 Å². The highest BCUT2D eigenvalue weighted by Crippen LogP contribution is 2.21. The summed E-state index contributed by atoms with van der Waals surface area (Å²) in [5, 5.41) is 7.43. The highest BCUT2D eigenvalue weighted by atomic mass is 79.9. The Morgan fingerprint density at radius 2 is 1.67 bits per heavy atom. The summed E-state index contributed by atoms with van der Waals surface area (Å²) in [6, 6.07) is 15.2. The molecule has 5 heteroatoms. The van der Waals surface area contributed by atoms with Crippen LogP contribution in [0.3, 0.4) is 0 Å². The Labute approximate surface area is 124 Å². The van der Waals surface area contributed by atoms with Crippen LogP contribution in [0, 0.1) is 0 Å². The molecule has 2 aromatic rings. The van der Waals surface area contributed by atoms with Gasteiger partial charge < -0.3 is 10.6 Å². The summed E-state index contributed by atoms with van der Waals surface area (Å²) >= 11 is 14.5. The van der Waals surface area contributed by atoms with Gasteiger partial charge in [-0.15, -0.1) is 0 Å². The molecule has 0 heterocycles. The molecular weight excluding hydrogens is 332 g/mol. The molecule has 0 fully saturated rings. The first kappa shape index (κ1) is 13.3. The maximum atomic E-state index is 5.82. The molecule has 92 valence electrons. The lowest BCUT2D eigenvalue weighted by Gasteiger charge is -2.11. The number of halogens is 2. The fraction of sp³-hybridized carbons (Fsp3) is 0. The lowest BCUT2D eigenvalue weighted by Crippen LogP contribution is -2.19. The molecule has 0 aromatic heterocycles. The molecule has 0 aliphatic rings. The summed E-state index contributed by atoms with van der Waals surface area (Å²) in [5.41, 5.74) is 1.81. The highest BCUT2D eigenvalue weighted by molar-refractivity contribution is 9.10. The summed E-state index contributed by atoms with van der Waals surface area (Å²) in [4.78, 5) is 0. The predicted octanol–water partition coefficient (Wildman–Crippen LogP) is 4.91. The van der Waals surface area contributed by atoms with Crippen molar-refractivity contribution in [2.75, 3.05) is 10.6 Å². The Bertz CT molecular complexity index is 557. The van der Waals surface area contributed by atoms with Gasteiger partial charge in [0.15, 0.2) is 5.11 Å². The second kappa shape index (κ2) is 6.18. The second-order valence-corrected chi connectivity index (χ2v) is 5.26. The van der Waals surface area contributed by atoms with E-state index in [0.29, 0.717) is 10.1 Å². The summed E-state index contributed by atoms with van der Waals surface area (Å²) < 4.78 is 0.963. The van der Waals surface area contributed by atoms with E-state index in [0.717, 1.165) is 15.8 Å². The predicted molar refractivity (Wildman–Crippen MR) is 85.4 cm³/mol. The average molecular weight is 342 g/mol. The van der Waals surface area contributed by atoms with E-state index in [9.17, 15) is 0 Å². The normalized spacial score (nSPS) is 9.89. The topological polar surface area (TPSA) is 24.1 Å². The molecule has 0 spiro atoms. The number of nitrogens with one attached hydrogen (secondary N) is 2. The quantitative estimate of drug-likeness (QED) is 0.759. The molecule has 0 aliphatic carbocycles. The third-order valence-electron chi connectivity index (χ3n) is 2.22. The van der Waals surface area contributed by atoms with Crippen LogP contribution in [-0.2, 0) is 0 Å². The lowest BCUT2D eigenvalue weighted by atomic mass is 10.3. The first-order chi connectivity index (χ1) is 8.65. The van der Waals surface area contributed by atoms with Gasteiger partial charge in [-0.25, -0.2) is 0 Å². The molecule has 2 nitrogen and oxygen atoms in total. The Kier molecular flexibility index (Phi) is 4.58. The van der Waals surface area contributed by atoms with Gasteiger partial charge in [-0.05, 0) is 64.5 Å². The van der Waals surface area contributed by atoms with Gasteiger partial charge in [0.05, 0.1) is 5.69 Å². The molecule has 0 radical (unpaired) electrons. The SMILES string of the molecule is S=C(Nc1ccc(Cl)cc1)Nc1ccccc1Br. The summed E-state index contributed by atoms with van der Waals surface area (Å²) in [5.74, 6) is 0. The van der Waals surface area contributed by atoms with Crippen molar-refractivity contribution in [3.05, 3.63) is 58.0 Å². The van der Waals surface area contributed by atoms with Gasteiger partial charge in [0.1, 0.15) is 0 Å². The molecule has 2 aromatic carbocycles. The van der Waals surface area contributed by atoms with Crippen molar-refractivity contribution < 1.29 is 0 Å². The van der Waals surface area contributed by atoms with Crippen LogP contribution in [-0.4, -0.2) is 5.11 Å². The van der Waals surface area contributed by atoms with Crippen LogP contribution in [0.25, 0.3) is 0 Å². The van der Waals surface area contributed by atoms with Crippen molar-refractivity contribution in [2.24, 2.45) is 0 Å². The van der Waals surface area contributed by atoms with Crippen molar-refractivity contribution in [3.63, 3.8) is 0 Å². The molecule has 2 N–H and O–H groups in total. The van der Waals surface area contributed by atoms with Crippen molar-refractivity contribution in [1.29, 1.82) is 0 Å². The van der Waals surface area contributed by atoms with E-state index in [1.165, 1.54) is 0 Å². The molecule has 0 aliphatic heterocycles. The molecule has 0 bridgehead atoms. The first-order valence-electron chi connectivity index (χ1n) is 5.23. The maximum absolute atomic E-state index is 5.82. The lowest BCUT2D eigenvalue weighted by molar-refractivity contribution is 1.57. The van der Waals surface area contributed by atoms with Crippen LogP contribution in [0.2, 0.25) is 5.02 Å². The van der Waals surface area contributed by atoms with Crippen molar-refractivity contribution in [1.82, 2.24) is 0 Å². The maximum Gasteiger partial charge on any atom is 0.175 e. The third kappa shape index (κ3) is 3.70. The van der Waals surface area contributed by atoms with E-state index in [1.54, 1.807) is 0 Å². The van der Waals surface area contributed by atoms with Gasteiger partial charge in [-0.2, -0.15) is 0 Å². The Morgan fingerprint density at radius 3 is 2.33 bits per heavy atom. The van der Waals surface area contributed by atoms with Gasteiger partial charge in [0.25, 0.3) is 0 Å². The van der Waals surface area contributed by atoms with Crippen LogP contribution in [0.4, 0.5) is 11.4 Å². The molecular formula is C13H10BrClN2S. The van der Waals surface area contributed by atoms with E-state index >= 15 is 0 Å². The van der Waals surface area contributed by atoms with Crippen LogP contribution in [0.5, 0.6) is 0 Å². The van der Waals surface area contributed by atoms with Crippen LogP contribution in [0.1, 0.15) is 0 Å². The van der Waals surface area contributed by atoms with E-state index in [1.807, 2.05) is 48.5 Å². The largest absolute Gasteiger partial charge is 0.332 e. The number of para-hydroxylation sites is 1. The van der Waals surface area contributed by atoms with Crippen molar-refractivity contribution in [2.45, 2.75) is 0 Å². The number of anilines is 2. The third-order valence-corrected chi connectivity index (χ3v) is 3.37. The monoisotopic (exact) mass is 340 g/mol. The highest BCUT2D eigenvalue weighted by Gasteiger charge is 2.01. The second-order valence-electron chi connectivity index (χ2n) is 3.57. The van der Waals surface area contributed by atoms with Gasteiger partial charge in [-0.3, -0.25) is 0 Å². The average Bonchev–Trinajstić information content (AvgIpc) is 2.35. The zero-order valence-electron chi connectivity index (χ0n) is 9.28. The minimum atomic E-state index is 0.532.